The van der Waals surface area contributed by atoms with Gasteiger partial charge >= 0.3 is 5.63 Å². The molecular weight excluding hydrogens is 458 g/mol. The Bertz CT molecular complexity index is 1450. The largest absolute Gasteiger partial charge is 0.497 e. The minimum atomic E-state index is -0.630. The zero-order valence-corrected chi connectivity index (χ0v) is 21.6. The molecule has 4 rings (SSSR count). The maximum atomic E-state index is 13.1. The number of anilines is 1. The summed E-state index contributed by atoms with van der Waals surface area (Å²) in [6, 6.07) is 15.9. The summed E-state index contributed by atoms with van der Waals surface area (Å²) in [6.45, 7) is 7.76. The van der Waals surface area contributed by atoms with Crippen LogP contribution in [0.1, 0.15) is 35.3 Å². The Morgan fingerprint density at radius 1 is 0.833 bits per heavy atom. The fourth-order valence-corrected chi connectivity index (χ4v) is 3.85. The molecule has 1 N–H and O–H groups in total. The van der Waals surface area contributed by atoms with Gasteiger partial charge in [0.2, 0.25) is 0 Å². The number of amides is 1. The van der Waals surface area contributed by atoms with Crippen LogP contribution in [0.3, 0.4) is 0 Å². The van der Waals surface area contributed by atoms with Gasteiger partial charge in [-0.1, -0.05) is 26.0 Å². The van der Waals surface area contributed by atoms with Gasteiger partial charge in [0, 0.05) is 16.5 Å². The number of aryl methyl sites for hydroxylation is 1. The van der Waals surface area contributed by atoms with Gasteiger partial charge in [0.15, 0.2) is 0 Å². The number of benzene rings is 3. The molecule has 0 fully saturated rings. The summed E-state index contributed by atoms with van der Waals surface area (Å²) >= 11 is 0. The van der Waals surface area contributed by atoms with Crippen LogP contribution < -0.4 is 25.2 Å². The predicted octanol–water partition coefficient (Wildman–Crippen LogP) is 6.38. The average molecular weight is 490 g/mol. The fourth-order valence-electron chi connectivity index (χ4n) is 3.85. The Kier molecular flexibility index (Phi) is 8.38. The average Bonchev–Trinajstić information content (AvgIpc) is 2.92. The summed E-state index contributed by atoms with van der Waals surface area (Å²) in [6.07, 6.45) is 0. The van der Waals surface area contributed by atoms with Crippen molar-refractivity contribution in [2.24, 2.45) is 0 Å². The van der Waals surface area contributed by atoms with E-state index >= 15 is 0 Å². The zero-order chi connectivity index (χ0) is 26.4. The molecule has 0 aliphatic rings. The van der Waals surface area contributed by atoms with Crippen molar-refractivity contribution in [3.05, 3.63) is 81.7 Å². The molecule has 0 bridgehead atoms. The quantitative estimate of drug-likeness (QED) is 0.316. The molecule has 0 unspecified atom stereocenters. The van der Waals surface area contributed by atoms with E-state index in [0.29, 0.717) is 33.8 Å². The van der Waals surface area contributed by atoms with Crippen molar-refractivity contribution in [3.8, 4) is 28.4 Å². The molecule has 4 aromatic rings. The van der Waals surface area contributed by atoms with E-state index in [9.17, 15) is 9.59 Å². The Hall–Kier alpha value is -4.26. The number of carbonyl (C=O) groups excluding carboxylic acids is 1. The summed E-state index contributed by atoms with van der Waals surface area (Å²) in [7, 11) is 4.74. The highest BCUT2D eigenvalue weighted by molar-refractivity contribution is 6.06. The molecule has 7 heteroatoms. The Morgan fingerprint density at radius 3 is 2.22 bits per heavy atom. The lowest BCUT2D eigenvalue weighted by atomic mass is 10.0. The van der Waals surface area contributed by atoms with Crippen molar-refractivity contribution < 1.29 is 23.4 Å². The van der Waals surface area contributed by atoms with E-state index < -0.39 is 11.5 Å². The number of carbonyl (C=O) groups is 1. The Morgan fingerprint density at radius 2 is 1.56 bits per heavy atom. The molecule has 7 nitrogen and oxygen atoms in total. The summed E-state index contributed by atoms with van der Waals surface area (Å²) in [5.41, 5.74) is 3.48. The molecule has 188 valence electrons. The summed E-state index contributed by atoms with van der Waals surface area (Å²) in [4.78, 5) is 25.7. The Labute approximate surface area is 210 Å². The van der Waals surface area contributed by atoms with Gasteiger partial charge in [-0.2, -0.15) is 0 Å². The van der Waals surface area contributed by atoms with Crippen LogP contribution in [-0.4, -0.2) is 27.2 Å². The van der Waals surface area contributed by atoms with Gasteiger partial charge in [0.25, 0.3) is 5.91 Å². The molecule has 1 heterocycles. The minimum absolute atomic E-state index is 0.0431. The number of nitrogens with one attached hydrogen (secondary N) is 1. The lowest BCUT2D eigenvalue weighted by Gasteiger charge is -2.13. The van der Waals surface area contributed by atoms with Crippen LogP contribution in [0.25, 0.3) is 22.1 Å². The van der Waals surface area contributed by atoms with E-state index in [4.69, 9.17) is 18.6 Å². The second-order valence-electron chi connectivity index (χ2n) is 7.80. The molecule has 1 amide bonds. The number of fused-ring (bicyclic) bond motifs is 1. The minimum Gasteiger partial charge on any atom is -0.497 e. The van der Waals surface area contributed by atoms with Gasteiger partial charge in [-0.25, -0.2) is 4.79 Å². The highest BCUT2D eigenvalue weighted by Crippen LogP contribution is 2.33. The van der Waals surface area contributed by atoms with Gasteiger partial charge in [0.1, 0.15) is 28.5 Å². The lowest BCUT2D eigenvalue weighted by molar-refractivity contribution is 0.102. The number of methoxy groups -OCH3 is 3. The second-order valence-corrected chi connectivity index (χ2v) is 7.80. The summed E-state index contributed by atoms with van der Waals surface area (Å²) in [5, 5.41) is 3.33. The number of hydrogen-bond donors (Lipinski definition) is 1. The normalized spacial score (nSPS) is 10.3. The molecule has 0 aliphatic heterocycles. The number of hydrogen-bond acceptors (Lipinski definition) is 6. The van der Waals surface area contributed by atoms with E-state index in [-0.39, 0.29) is 5.69 Å². The first-order valence-corrected chi connectivity index (χ1v) is 11.6. The van der Waals surface area contributed by atoms with E-state index in [1.165, 1.54) is 0 Å². The first-order chi connectivity index (χ1) is 17.4. The smallest absolute Gasteiger partial charge is 0.360 e. The Balaban J connectivity index is 0.00000176. The van der Waals surface area contributed by atoms with Gasteiger partial charge in [-0.3, -0.25) is 4.79 Å². The molecule has 0 saturated heterocycles. The summed E-state index contributed by atoms with van der Waals surface area (Å²) < 4.78 is 21.8. The van der Waals surface area contributed by atoms with Gasteiger partial charge in [-0.05, 0) is 73.0 Å². The van der Waals surface area contributed by atoms with Crippen molar-refractivity contribution in [3.63, 3.8) is 0 Å². The van der Waals surface area contributed by atoms with Crippen molar-refractivity contribution in [1.29, 1.82) is 0 Å². The van der Waals surface area contributed by atoms with E-state index in [2.05, 4.69) is 5.32 Å². The molecular formula is C29H31NO6. The summed E-state index contributed by atoms with van der Waals surface area (Å²) in [5.74, 6) is 1.51. The van der Waals surface area contributed by atoms with Crippen LogP contribution >= 0.6 is 0 Å². The monoisotopic (exact) mass is 489 g/mol. The predicted molar refractivity (Wildman–Crippen MR) is 143 cm³/mol. The first kappa shape index (κ1) is 26.3. The van der Waals surface area contributed by atoms with Crippen LogP contribution in [0.15, 0.2) is 63.8 Å². The molecule has 0 saturated carbocycles. The standard InChI is InChI=1S/C27H25NO6.C2H6/c1-15-16(2)25-19(14-24(15)33-5)13-22(27(30)34-25)28-26(29)18-9-10-23(32-4)21(12-18)17-7-6-8-20(11-17)31-3;1-2/h6-14H,1-5H3,(H,28,29);1-2H3. The molecule has 3 aromatic carbocycles. The van der Waals surface area contributed by atoms with Crippen LogP contribution in [0.5, 0.6) is 17.2 Å². The lowest BCUT2D eigenvalue weighted by Crippen LogP contribution is -2.18. The van der Waals surface area contributed by atoms with Crippen molar-refractivity contribution in [1.82, 2.24) is 0 Å². The topological polar surface area (TPSA) is 87.0 Å². The van der Waals surface area contributed by atoms with Crippen molar-refractivity contribution >= 4 is 22.6 Å². The second kappa shape index (κ2) is 11.4. The van der Waals surface area contributed by atoms with Crippen molar-refractivity contribution in [2.45, 2.75) is 27.7 Å². The molecule has 0 radical (unpaired) electrons. The molecule has 0 spiro atoms. The van der Waals surface area contributed by atoms with E-state index in [1.807, 2.05) is 52.0 Å². The molecule has 36 heavy (non-hydrogen) atoms. The third-order valence-corrected chi connectivity index (χ3v) is 5.85. The molecule has 0 aliphatic carbocycles. The third kappa shape index (κ3) is 5.20. The number of rotatable bonds is 6. The van der Waals surface area contributed by atoms with Crippen LogP contribution in [0.2, 0.25) is 0 Å². The van der Waals surface area contributed by atoms with Gasteiger partial charge in [-0.15, -0.1) is 0 Å². The van der Waals surface area contributed by atoms with E-state index in [0.717, 1.165) is 22.3 Å². The van der Waals surface area contributed by atoms with Crippen LogP contribution in [0.4, 0.5) is 5.69 Å². The number of ether oxygens (including phenoxy) is 3. The van der Waals surface area contributed by atoms with E-state index in [1.54, 1.807) is 51.7 Å². The van der Waals surface area contributed by atoms with Crippen LogP contribution in [-0.2, 0) is 0 Å². The highest BCUT2D eigenvalue weighted by Gasteiger charge is 2.17. The zero-order valence-electron chi connectivity index (χ0n) is 21.6. The maximum absolute atomic E-state index is 13.1. The fraction of sp³-hybridized carbons (Fsp3) is 0.241. The van der Waals surface area contributed by atoms with Crippen LogP contribution in [0, 0.1) is 13.8 Å². The van der Waals surface area contributed by atoms with Gasteiger partial charge in [0.05, 0.1) is 21.3 Å². The molecule has 1 aromatic heterocycles. The first-order valence-electron chi connectivity index (χ1n) is 11.6. The maximum Gasteiger partial charge on any atom is 0.360 e. The van der Waals surface area contributed by atoms with Gasteiger partial charge < -0.3 is 23.9 Å². The third-order valence-electron chi connectivity index (χ3n) is 5.85. The highest BCUT2D eigenvalue weighted by atomic mass is 16.5. The SMILES string of the molecule is CC.COc1cccc(-c2cc(C(=O)Nc3cc4cc(OC)c(C)c(C)c4oc3=O)ccc2OC)c1. The van der Waals surface area contributed by atoms with Crippen molar-refractivity contribution in [2.75, 3.05) is 26.6 Å². The molecule has 0 atom stereocenters.